The highest BCUT2D eigenvalue weighted by atomic mass is 79.9. The molecule has 2 aromatic heterocycles. The number of aromatic nitrogens is 3. The summed E-state index contributed by atoms with van der Waals surface area (Å²) in [5.41, 5.74) is 1.34. The summed E-state index contributed by atoms with van der Waals surface area (Å²) in [5.74, 6) is 0.632. The SMILES string of the molecule is O=Cc1cccc(-n2ncc3ccc(Br)cc32)n1. The second-order valence-electron chi connectivity index (χ2n) is 3.80. The van der Waals surface area contributed by atoms with E-state index >= 15 is 0 Å². The highest BCUT2D eigenvalue weighted by Crippen LogP contribution is 2.21. The molecule has 0 aliphatic rings. The van der Waals surface area contributed by atoms with E-state index in [9.17, 15) is 4.79 Å². The monoisotopic (exact) mass is 301 g/mol. The predicted molar refractivity (Wildman–Crippen MR) is 72.0 cm³/mol. The van der Waals surface area contributed by atoms with E-state index in [1.807, 2.05) is 24.3 Å². The highest BCUT2D eigenvalue weighted by Gasteiger charge is 2.06. The Labute approximate surface area is 111 Å². The van der Waals surface area contributed by atoms with E-state index in [1.54, 1.807) is 23.0 Å². The number of halogens is 1. The van der Waals surface area contributed by atoms with Crippen LogP contribution >= 0.6 is 15.9 Å². The molecule has 0 bridgehead atoms. The molecule has 5 heteroatoms. The molecule has 0 fully saturated rings. The third kappa shape index (κ3) is 1.82. The van der Waals surface area contributed by atoms with Crippen molar-refractivity contribution < 1.29 is 4.79 Å². The Balaban J connectivity index is 2.24. The number of fused-ring (bicyclic) bond motifs is 1. The van der Waals surface area contributed by atoms with Crippen LogP contribution in [0.5, 0.6) is 0 Å². The van der Waals surface area contributed by atoms with E-state index in [4.69, 9.17) is 0 Å². The van der Waals surface area contributed by atoms with Crippen molar-refractivity contribution in [3.63, 3.8) is 0 Å². The van der Waals surface area contributed by atoms with Crippen molar-refractivity contribution in [3.8, 4) is 5.82 Å². The lowest BCUT2D eigenvalue weighted by Gasteiger charge is -2.03. The summed E-state index contributed by atoms with van der Waals surface area (Å²) >= 11 is 3.43. The van der Waals surface area contributed by atoms with Crippen LogP contribution in [-0.4, -0.2) is 21.1 Å². The molecule has 0 amide bonds. The molecular weight excluding hydrogens is 294 g/mol. The number of hydrogen-bond donors (Lipinski definition) is 0. The van der Waals surface area contributed by atoms with Gasteiger partial charge < -0.3 is 0 Å². The standard InChI is InChI=1S/C13H8BrN3O/c14-10-5-4-9-7-15-17(12(9)6-10)13-3-1-2-11(8-18)16-13/h1-8H. The average molecular weight is 302 g/mol. The van der Waals surface area contributed by atoms with Gasteiger partial charge in [-0.3, -0.25) is 4.79 Å². The summed E-state index contributed by atoms with van der Waals surface area (Å²) in [6.45, 7) is 0. The second-order valence-corrected chi connectivity index (χ2v) is 4.71. The lowest BCUT2D eigenvalue weighted by Crippen LogP contribution is -2.01. The molecular formula is C13H8BrN3O. The van der Waals surface area contributed by atoms with Crippen molar-refractivity contribution in [1.29, 1.82) is 0 Å². The van der Waals surface area contributed by atoms with Gasteiger partial charge in [0.15, 0.2) is 12.1 Å². The normalized spacial score (nSPS) is 10.7. The highest BCUT2D eigenvalue weighted by molar-refractivity contribution is 9.10. The van der Waals surface area contributed by atoms with Crippen LogP contribution in [0.2, 0.25) is 0 Å². The fraction of sp³-hybridized carbons (Fsp3) is 0. The summed E-state index contributed by atoms with van der Waals surface area (Å²) in [5, 5.41) is 5.32. The van der Waals surface area contributed by atoms with Crippen LogP contribution in [0.15, 0.2) is 47.1 Å². The lowest BCUT2D eigenvalue weighted by atomic mass is 10.2. The van der Waals surface area contributed by atoms with Gasteiger partial charge in [-0.05, 0) is 24.3 Å². The van der Waals surface area contributed by atoms with E-state index < -0.39 is 0 Å². The number of nitrogens with zero attached hydrogens (tertiary/aromatic N) is 3. The first-order valence-corrected chi connectivity index (χ1v) is 6.13. The zero-order valence-corrected chi connectivity index (χ0v) is 10.8. The Hall–Kier alpha value is -2.01. The topological polar surface area (TPSA) is 47.8 Å². The molecule has 88 valence electrons. The van der Waals surface area contributed by atoms with E-state index in [0.29, 0.717) is 11.5 Å². The van der Waals surface area contributed by atoms with Crippen molar-refractivity contribution in [2.75, 3.05) is 0 Å². The maximum atomic E-state index is 10.7. The minimum absolute atomic E-state index is 0.395. The van der Waals surface area contributed by atoms with Crippen LogP contribution < -0.4 is 0 Å². The van der Waals surface area contributed by atoms with Gasteiger partial charge in [0.05, 0.1) is 11.7 Å². The van der Waals surface area contributed by atoms with Crippen molar-refractivity contribution in [3.05, 3.63) is 52.8 Å². The van der Waals surface area contributed by atoms with Crippen molar-refractivity contribution >= 4 is 33.1 Å². The van der Waals surface area contributed by atoms with Gasteiger partial charge in [0.1, 0.15) is 5.69 Å². The van der Waals surface area contributed by atoms with Crippen LogP contribution in [0.4, 0.5) is 0 Å². The first kappa shape index (κ1) is 11.1. The first-order chi connectivity index (χ1) is 8.78. The largest absolute Gasteiger partial charge is 0.296 e. The Kier molecular flexibility index (Phi) is 2.68. The molecule has 4 nitrogen and oxygen atoms in total. The number of carbonyl (C=O) groups excluding carboxylic acids is 1. The van der Waals surface area contributed by atoms with E-state index in [2.05, 4.69) is 26.0 Å². The second kappa shape index (κ2) is 4.34. The number of hydrogen-bond acceptors (Lipinski definition) is 3. The van der Waals surface area contributed by atoms with E-state index in [1.165, 1.54) is 0 Å². The molecule has 3 aromatic rings. The number of rotatable bonds is 2. The quantitative estimate of drug-likeness (QED) is 0.684. The molecule has 1 aromatic carbocycles. The predicted octanol–water partition coefficient (Wildman–Crippen LogP) is 3.00. The Morgan fingerprint density at radius 2 is 2.11 bits per heavy atom. The summed E-state index contributed by atoms with van der Waals surface area (Å²) < 4.78 is 2.69. The molecule has 0 saturated heterocycles. The summed E-state index contributed by atoms with van der Waals surface area (Å²) in [7, 11) is 0. The van der Waals surface area contributed by atoms with Gasteiger partial charge in [0, 0.05) is 9.86 Å². The van der Waals surface area contributed by atoms with Crippen LogP contribution in [0.1, 0.15) is 10.5 Å². The zero-order valence-electron chi connectivity index (χ0n) is 9.25. The molecule has 0 aliphatic heterocycles. The maximum absolute atomic E-state index is 10.7. The lowest BCUT2D eigenvalue weighted by molar-refractivity contribution is 0.111. The smallest absolute Gasteiger partial charge is 0.168 e. The van der Waals surface area contributed by atoms with Gasteiger partial charge in [-0.1, -0.05) is 28.1 Å². The molecule has 0 atom stereocenters. The first-order valence-electron chi connectivity index (χ1n) is 5.34. The third-order valence-corrected chi connectivity index (χ3v) is 3.12. The maximum Gasteiger partial charge on any atom is 0.168 e. The summed E-state index contributed by atoms with van der Waals surface area (Å²) in [6.07, 6.45) is 2.50. The van der Waals surface area contributed by atoms with Crippen molar-refractivity contribution in [1.82, 2.24) is 14.8 Å². The molecule has 0 aliphatic carbocycles. The Morgan fingerprint density at radius 1 is 1.22 bits per heavy atom. The minimum Gasteiger partial charge on any atom is -0.296 e. The number of aldehydes is 1. The van der Waals surface area contributed by atoms with Crippen LogP contribution in [0.3, 0.4) is 0 Å². The van der Waals surface area contributed by atoms with Gasteiger partial charge in [-0.2, -0.15) is 5.10 Å². The Bertz CT molecular complexity index is 736. The average Bonchev–Trinajstić information content (AvgIpc) is 2.81. The molecule has 0 radical (unpaired) electrons. The number of carbonyl (C=O) groups is 1. The number of benzene rings is 1. The Morgan fingerprint density at radius 3 is 2.94 bits per heavy atom. The fourth-order valence-electron chi connectivity index (χ4n) is 1.80. The fourth-order valence-corrected chi connectivity index (χ4v) is 2.15. The molecule has 0 saturated carbocycles. The van der Waals surface area contributed by atoms with Crippen LogP contribution in [0, 0.1) is 0 Å². The van der Waals surface area contributed by atoms with Crippen LogP contribution in [0.25, 0.3) is 16.7 Å². The van der Waals surface area contributed by atoms with Gasteiger partial charge in [0.2, 0.25) is 0 Å². The summed E-state index contributed by atoms with van der Waals surface area (Å²) in [6, 6.07) is 11.2. The van der Waals surface area contributed by atoms with E-state index in [0.717, 1.165) is 21.7 Å². The molecule has 3 rings (SSSR count). The van der Waals surface area contributed by atoms with Gasteiger partial charge in [-0.25, -0.2) is 9.67 Å². The minimum atomic E-state index is 0.395. The molecule has 0 N–H and O–H groups in total. The van der Waals surface area contributed by atoms with Gasteiger partial charge >= 0.3 is 0 Å². The van der Waals surface area contributed by atoms with Crippen molar-refractivity contribution in [2.24, 2.45) is 0 Å². The molecule has 0 spiro atoms. The third-order valence-electron chi connectivity index (χ3n) is 2.63. The molecule has 0 unspecified atom stereocenters. The van der Waals surface area contributed by atoms with Gasteiger partial charge in [0.25, 0.3) is 0 Å². The van der Waals surface area contributed by atoms with Gasteiger partial charge in [-0.15, -0.1) is 0 Å². The molecule has 2 heterocycles. The van der Waals surface area contributed by atoms with E-state index in [-0.39, 0.29) is 0 Å². The van der Waals surface area contributed by atoms with Crippen LogP contribution in [-0.2, 0) is 0 Å². The zero-order chi connectivity index (χ0) is 12.5. The summed E-state index contributed by atoms with van der Waals surface area (Å²) in [4.78, 5) is 15.0. The van der Waals surface area contributed by atoms with Crippen molar-refractivity contribution in [2.45, 2.75) is 0 Å². The molecule has 18 heavy (non-hydrogen) atoms. The number of pyridine rings is 1.